The summed E-state index contributed by atoms with van der Waals surface area (Å²) in [6, 6.07) is 8.36. The zero-order chi connectivity index (χ0) is 13.4. The molecule has 0 unspecified atom stereocenters. The highest BCUT2D eigenvalue weighted by Gasteiger charge is 2.18. The highest BCUT2D eigenvalue weighted by Crippen LogP contribution is 2.40. The van der Waals surface area contributed by atoms with E-state index < -0.39 is 0 Å². The monoisotopic (exact) mass is 256 g/mol. The highest BCUT2D eigenvalue weighted by molar-refractivity contribution is 5.77. The van der Waals surface area contributed by atoms with Crippen LogP contribution in [0.15, 0.2) is 30.3 Å². The lowest BCUT2D eigenvalue weighted by Crippen LogP contribution is -2.04. The summed E-state index contributed by atoms with van der Waals surface area (Å²) in [6.45, 7) is 0. The Bertz CT molecular complexity index is 632. The molecular formula is C16H16O3. The number of fused-ring (bicyclic) bond motifs is 1. The topological polar surface area (TPSA) is 60.7 Å². The summed E-state index contributed by atoms with van der Waals surface area (Å²) in [5.41, 5.74) is 3.96. The third-order valence-corrected chi connectivity index (χ3v) is 3.77. The SMILES string of the molecule is Oc1ccc(-c2c(O)ccc3c2CCCC3)cc1O. The molecule has 2 aromatic rings. The van der Waals surface area contributed by atoms with Gasteiger partial charge in [-0.2, -0.15) is 0 Å². The van der Waals surface area contributed by atoms with E-state index in [0.29, 0.717) is 0 Å². The molecule has 2 aromatic carbocycles. The smallest absolute Gasteiger partial charge is 0.158 e. The van der Waals surface area contributed by atoms with Gasteiger partial charge in [0, 0.05) is 5.56 Å². The van der Waals surface area contributed by atoms with Gasteiger partial charge in [-0.3, -0.25) is 0 Å². The summed E-state index contributed by atoms with van der Waals surface area (Å²) >= 11 is 0. The molecule has 3 rings (SSSR count). The first-order valence-electron chi connectivity index (χ1n) is 6.53. The summed E-state index contributed by atoms with van der Waals surface area (Å²) in [4.78, 5) is 0. The highest BCUT2D eigenvalue weighted by atomic mass is 16.3. The van der Waals surface area contributed by atoms with Crippen molar-refractivity contribution in [3.63, 3.8) is 0 Å². The van der Waals surface area contributed by atoms with Gasteiger partial charge in [0.15, 0.2) is 11.5 Å². The average Bonchev–Trinajstić information content (AvgIpc) is 2.42. The van der Waals surface area contributed by atoms with Crippen LogP contribution in [-0.4, -0.2) is 15.3 Å². The van der Waals surface area contributed by atoms with Gasteiger partial charge in [0.25, 0.3) is 0 Å². The van der Waals surface area contributed by atoms with E-state index >= 15 is 0 Å². The molecule has 3 N–H and O–H groups in total. The Kier molecular flexibility index (Phi) is 2.82. The van der Waals surface area contributed by atoms with Crippen molar-refractivity contribution in [1.82, 2.24) is 0 Å². The minimum Gasteiger partial charge on any atom is -0.507 e. The van der Waals surface area contributed by atoms with E-state index in [1.165, 1.54) is 24.1 Å². The lowest BCUT2D eigenvalue weighted by atomic mass is 9.85. The van der Waals surface area contributed by atoms with Gasteiger partial charge in [-0.25, -0.2) is 0 Å². The standard InChI is InChI=1S/C16H16O3/c17-13-7-6-11(9-15(13)19)16-12-4-2-1-3-10(12)5-8-14(16)18/h5-9,17-19H,1-4H2. The fourth-order valence-electron chi connectivity index (χ4n) is 2.82. The maximum atomic E-state index is 10.1. The van der Waals surface area contributed by atoms with Gasteiger partial charge < -0.3 is 15.3 Å². The van der Waals surface area contributed by atoms with Crippen molar-refractivity contribution in [2.75, 3.05) is 0 Å². The number of phenols is 3. The largest absolute Gasteiger partial charge is 0.507 e. The summed E-state index contributed by atoms with van der Waals surface area (Å²) in [6.07, 6.45) is 4.28. The summed E-state index contributed by atoms with van der Waals surface area (Å²) in [7, 11) is 0. The molecule has 0 bridgehead atoms. The molecule has 19 heavy (non-hydrogen) atoms. The van der Waals surface area contributed by atoms with Gasteiger partial charge in [0.2, 0.25) is 0 Å². The minimum atomic E-state index is -0.162. The molecule has 0 spiro atoms. The van der Waals surface area contributed by atoms with E-state index in [4.69, 9.17) is 0 Å². The predicted octanol–water partition coefficient (Wildman–Crippen LogP) is 3.35. The van der Waals surface area contributed by atoms with Crippen LogP contribution in [0.4, 0.5) is 0 Å². The van der Waals surface area contributed by atoms with E-state index in [9.17, 15) is 15.3 Å². The number of aryl methyl sites for hydroxylation is 1. The molecule has 1 aliphatic rings. The van der Waals surface area contributed by atoms with Crippen LogP contribution in [0.2, 0.25) is 0 Å². The van der Waals surface area contributed by atoms with Crippen LogP contribution in [0.3, 0.4) is 0 Å². The van der Waals surface area contributed by atoms with Crippen LogP contribution in [0.25, 0.3) is 11.1 Å². The minimum absolute atomic E-state index is 0.145. The molecule has 0 amide bonds. The molecule has 0 aliphatic heterocycles. The van der Waals surface area contributed by atoms with Gasteiger partial charge in [-0.15, -0.1) is 0 Å². The van der Waals surface area contributed by atoms with Crippen molar-refractivity contribution in [2.24, 2.45) is 0 Å². The zero-order valence-corrected chi connectivity index (χ0v) is 10.6. The lowest BCUT2D eigenvalue weighted by molar-refractivity contribution is 0.404. The lowest BCUT2D eigenvalue weighted by Gasteiger charge is -2.20. The van der Waals surface area contributed by atoms with Crippen molar-refractivity contribution in [1.29, 1.82) is 0 Å². The first kappa shape index (κ1) is 11.9. The molecule has 0 fully saturated rings. The Balaban J connectivity index is 2.20. The predicted molar refractivity (Wildman–Crippen MR) is 73.5 cm³/mol. The fraction of sp³-hybridized carbons (Fsp3) is 0.250. The second kappa shape index (κ2) is 4.50. The number of benzene rings is 2. The third-order valence-electron chi connectivity index (χ3n) is 3.77. The van der Waals surface area contributed by atoms with Gasteiger partial charge >= 0.3 is 0 Å². The normalized spacial score (nSPS) is 14.1. The second-order valence-electron chi connectivity index (χ2n) is 5.01. The molecule has 1 aliphatic carbocycles. The van der Waals surface area contributed by atoms with E-state index in [1.807, 2.05) is 6.07 Å². The molecule has 0 radical (unpaired) electrons. The van der Waals surface area contributed by atoms with Crippen LogP contribution in [0.1, 0.15) is 24.0 Å². The Hall–Kier alpha value is -2.16. The number of aromatic hydroxyl groups is 3. The maximum Gasteiger partial charge on any atom is 0.158 e. The van der Waals surface area contributed by atoms with E-state index in [2.05, 4.69) is 0 Å². The summed E-state index contributed by atoms with van der Waals surface area (Å²) < 4.78 is 0. The quantitative estimate of drug-likeness (QED) is 0.686. The van der Waals surface area contributed by atoms with Crippen LogP contribution >= 0.6 is 0 Å². The summed E-state index contributed by atoms with van der Waals surface area (Å²) in [5.74, 6) is -0.0795. The third kappa shape index (κ3) is 2.01. The maximum absolute atomic E-state index is 10.1. The fourth-order valence-corrected chi connectivity index (χ4v) is 2.82. The van der Waals surface area contributed by atoms with E-state index in [0.717, 1.165) is 36.0 Å². The Morgan fingerprint density at radius 2 is 1.47 bits per heavy atom. The van der Waals surface area contributed by atoms with Crippen molar-refractivity contribution < 1.29 is 15.3 Å². The average molecular weight is 256 g/mol. The van der Waals surface area contributed by atoms with Crippen LogP contribution in [0.5, 0.6) is 17.2 Å². The molecule has 0 atom stereocenters. The second-order valence-corrected chi connectivity index (χ2v) is 5.01. The molecule has 0 heterocycles. The van der Waals surface area contributed by atoms with Gasteiger partial charge in [-0.1, -0.05) is 12.1 Å². The Morgan fingerprint density at radius 3 is 2.26 bits per heavy atom. The Labute approximate surface area is 111 Å². The molecule has 0 saturated heterocycles. The molecule has 98 valence electrons. The van der Waals surface area contributed by atoms with Crippen molar-refractivity contribution in [3.05, 3.63) is 41.5 Å². The first-order valence-corrected chi connectivity index (χ1v) is 6.53. The molecule has 0 saturated carbocycles. The van der Waals surface area contributed by atoms with E-state index in [1.54, 1.807) is 12.1 Å². The number of hydrogen-bond acceptors (Lipinski definition) is 3. The van der Waals surface area contributed by atoms with Gasteiger partial charge in [-0.05, 0) is 60.6 Å². The van der Waals surface area contributed by atoms with E-state index in [-0.39, 0.29) is 17.2 Å². The van der Waals surface area contributed by atoms with Gasteiger partial charge in [0.1, 0.15) is 5.75 Å². The van der Waals surface area contributed by atoms with Crippen LogP contribution in [0, 0.1) is 0 Å². The van der Waals surface area contributed by atoms with Crippen molar-refractivity contribution in [2.45, 2.75) is 25.7 Å². The molecule has 3 heteroatoms. The molecular weight excluding hydrogens is 240 g/mol. The zero-order valence-electron chi connectivity index (χ0n) is 10.6. The molecule has 3 nitrogen and oxygen atoms in total. The van der Waals surface area contributed by atoms with Gasteiger partial charge in [0.05, 0.1) is 0 Å². The van der Waals surface area contributed by atoms with Crippen molar-refractivity contribution in [3.8, 4) is 28.4 Å². The Morgan fingerprint density at radius 1 is 0.737 bits per heavy atom. The van der Waals surface area contributed by atoms with Crippen LogP contribution < -0.4 is 0 Å². The first-order chi connectivity index (χ1) is 9.16. The number of phenolic OH excluding ortho intramolecular Hbond substituents is 3. The molecule has 0 aromatic heterocycles. The number of hydrogen-bond donors (Lipinski definition) is 3. The van der Waals surface area contributed by atoms with Crippen molar-refractivity contribution >= 4 is 0 Å². The summed E-state index contributed by atoms with van der Waals surface area (Å²) in [5, 5.41) is 29.1. The van der Waals surface area contributed by atoms with Crippen LogP contribution in [-0.2, 0) is 12.8 Å². The number of rotatable bonds is 1.